The smallest absolute Gasteiger partial charge is 0.161 e. The summed E-state index contributed by atoms with van der Waals surface area (Å²) >= 11 is 0. The van der Waals surface area contributed by atoms with Gasteiger partial charge in [0.05, 0.1) is 0 Å². The van der Waals surface area contributed by atoms with Crippen LogP contribution in [0.2, 0.25) is 0 Å². The van der Waals surface area contributed by atoms with Crippen LogP contribution >= 0.6 is 0 Å². The fourth-order valence-electron chi connectivity index (χ4n) is 2.97. The van der Waals surface area contributed by atoms with Gasteiger partial charge in [-0.25, -0.2) is 0 Å². The van der Waals surface area contributed by atoms with Crippen LogP contribution in [0.1, 0.15) is 82.4 Å². The van der Waals surface area contributed by atoms with Gasteiger partial charge >= 0.3 is 0 Å². The molecule has 0 saturated heterocycles. The van der Waals surface area contributed by atoms with Crippen molar-refractivity contribution in [3.63, 3.8) is 0 Å². The van der Waals surface area contributed by atoms with E-state index in [0.717, 1.165) is 24.0 Å². The molecule has 124 valence electrons. The first kappa shape index (κ1) is 18.6. The molecule has 1 aromatic rings. The first-order chi connectivity index (χ1) is 10.4. The molecule has 0 amide bonds. The van der Waals surface area contributed by atoms with Gasteiger partial charge in [-0.15, -0.1) is 0 Å². The van der Waals surface area contributed by atoms with E-state index in [9.17, 15) is 10.2 Å². The van der Waals surface area contributed by atoms with E-state index in [1.165, 1.54) is 36.8 Å². The van der Waals surface area contributed by atoms with Gasteiger partial charge in [0, 0.05) is 5.56 Å². The average Bonchev–Trinajstić information content (AvgIpc) is 2.45. The van der Waals surface area contributed by atoms with E-state index < -0.39 is 0 Å². The molecule has 1 aliphatic rings. The van der Waals surface area contributed by atoms with Crippen LogP contribution in [-0.2, 0) is 6.42 Å². The van der Waals surface area contributed by atoms with E-state index in [0.29, 0.717) is 5.92 Å². The predicted molar refractivity (Wildman–Crippen MR) is 94.8 cm³/mol. The number of aryl methyl sites for hydroxylation is 2. The molecule has 2 nitrogen and oxygen atoms in total. The summed E-state index contributed by atoms with van der Waals surface area (Å²) in [5.74, 6) is 0.523. The lowest BCUT2D eigenvalue weighted by atomic mass is 9.82. The van der Waals surface area contributed by atoms with E-state index in [-0.39, 0.29) is 11.5 Å². The normalized spacial score (nSPS) is 16.3. The van der Waals surface area contributed by atoms with Gasteiger partial charge in [-0.3, -0.25) is 0 Å². The highest BCUT2D eigenvalue weighted by molar-refractivity contribution is 5.55. The van der Waals surface area contributed by atoms with Crippen LogP contribution in [0.5, 0.6) is 11.5 Å². The lowest BCUT2D eigenvalue weighted by Gasteiger charge is -2.24. The van der Waals surface area contributed by atoms with Crippen molar-refractivity contribution in [3.05, 3.63) is 34.4 Å². The molecule has 0 bridgehead atoms. The second-order valence-corrected chi connectivity index (χ2v) is 6.68. The fraction of sp³-hybridized carbons (Fsp3) is 0.600. The lowest BCUT2D eigenvalue weighted by molar-refractivity contribution is 0.388. The molecule has 0 aromatic heterocycles. The van der Waals surface area contributed by atoms with Gasteiger partial charge < -0.3 is 10.2 Å². The topological polar surface area (TPSA) is 40.5 Å². The molecule has 22 heavy (non-hydrogen) atoms. The highest BCUT2D eigenvalue weighted by Crippen LogP contribution is 2.43. The van der Waals surface area contributed by atoms with Gasteiger partial charge in [0.25, 0.3) is 0 Å². The summed E-state index contributed by atoms with van der Waals surface area (Å²) in [4.78, 5) is 0. The largest absolute Gasteiger partial charge is 0.504 e. The summed E-state index contributed by atoms with van der Waals surface area (Å²) in [6, 6.07) is 2.00. The van der Waals surface area contributed by atoms with Crippen molar-refractivity contribution in [1.29, 1.82) is 0 Å². The number of unbranched alkanes of at least 4 members (excludes halogenated alkanes) is 2. The third kappa shape index (κ3) is 5.08. The highest BCUT2D eigenvalue weighted by Gasteiger charge is 2.23. The SMILES string of the molecule is CCCCC=C(C)C.Cc1cc2c(c(O)c1O)C(C)CCC2. The van der Waals surface area contributed by atoms with E-state index in [4.69, 9.17) is 0 Å². The lowest BCUT2D eigenvalue weighted by Crippen LogP contribution is -2.07. The van der Waals surface area contributed by atoms with Crippen LogP contribution < -0.4 is 0 Å². The maximum Gasteiger partial charge on any atom is 0.161 e. The van der Waals surface area contributed by atoms with Crippen LogP contribution in [0.25, 0.3) is 0 Å². The second kappa shape index (κ2) is 8.87. The van der Waals surface area contributed by atoms with Crippen LogP contribution in [0, 0.1) is 6.92 Å². The molecule has 0 fully saturated rings. The van der Waals surface area contributed by atoms with E-state index >= 15 is 0 Å². The molecule has 1 unspecified atom stereocenters. The van der Waals surface area contributed by atoms with E-state index in [1.54, 1.807) is 0 Å². The quantitative estimate of drug-likeness (QED) is 0.409. The predicted octanol–water partition coefficient (Wildman–Crippen LogP) is 5.99. The molecule has 0 spiro atoms. The Hall–Kier alpha value is -1.44. The average molecular weight is 304 g/mol. The molecule has 0 aliphatic heterocycles. The third-order valence-corrected chi connectivity index (χ3v) is 4.28. The van der Waals surface area contributed by atoms with E-state index in [1.807, 2.05) is 13.0 Å². The van der Waals surface area contributed by atoms with E-state index in [2.05, 4.69) is 33.8 Å². The monoisotopic (exact) mass is 304 g/mol. The van der Waals surface area contributed by atoms with Crippen LogP contribution in [0.4, 0.5) is 0 Å². The number of benzene rings is 1. The van der Waals surface area contributed by atoms with Crippen molar-refractivity contribution >= 4 is 0 Å². The van der Waals surface area contributed by atoms with Gasteiger partial charge in [0.2, 0.25) is 0 Å². The number of phenols is 2. The third-order valence-electron chi connectivity index (χ3n) is 4.28. The van der Waals surface area contributed by atoms with Crippen molar-refractivity contribution in [1.82, 2.24) is 0 Å². The zero-order chi connectivity index (χ0) is 16.7. The Morgan fingerprint density at radius 1 is 1.27 bits per heavy atom. The first-order valence-electron chi connectivity index (χ1n) is 8.56. The molecular weight excluding hydrogens is 272 g/mol. The molecule has 0 saturated carbocycles. The Kier molecular flexibility index (Phi) is 7.50. The van der Waals surface area contributed by atoms with Gasteiger partial charge in [-0.2, -0.15) is 0 Å². The number of rotatable bonds is 3. The second-order valence-electron chi connectivity index (χ2n) is 6.68. The van der Waals surface area contributed by atoms with Crippen molar-refractivity contribution in [2.24, 2.45) is 0 Å². The highest BCUT2D eigenvalue weighted by atomic mass is 16.3. The Morgan fingerprint density at radius 3 is 2.55 bits per heavy atom. The van der Waals surface area contributed by atoms with Gasteiger partial charge in [0.15, 0.2) is 11.5 Å². The minimum Gasteiger partial charge on any atom is -0.504 e. The zero-order valence-electron chi connectivity index (χ0n) is 14.9. The van der Waals surface area contributed by atoms with Crippen molar-refractivity contribution in [3.8, 4) is 11.5 Å². The molecule has 1 aliphatic carbocycles. The molecular formula is C20H32O2. The molecule has 0 heterocycles. The Bertz CT molecular complexity index is 511. The summed E-state index contributed by atoms with van der Waals surface area (Å²) in [6.07, 6.45) is 9.51. The molecule has 2 rings (SSSR count). The maximum atomic E-state index is 9.84. The molecule has 2 heteroatoms. The fourth-order valence-corrected chi connectivity index (χ4v) is 2.97. The van der Waals surface area contributed by atoms with Crippen LogP contribution in [-0.4, -0.2) is 10.2 Å². The molecule has 1 aromatic carbocycles. The van der Waals surface area contributed by atoms with Crippen molar-refractivity contribution in [2.45, 2.75) is 79.1 Å². The van der Waals surface area contributed by atoms with Gasteiger partial charge in [-0.05, 0) is 63.5 Å². The number of phenolic OH excluding ortho intramolecular Hbond substituents is 2. The number of fused-ring (bicyclic) bond motifs is 1. The minimum atomic E-state index is 0.0532. The summed E-state index contributed by atoms with van der Waals surface area (Å²) in [5.41, 5.74) is 4.38. The summed E-state index contributed by atoms with van der Waals surface area (Å²) in [5, 5.41) is 19.5. The van der Waals surface area contributed by atoms with Gasteiger partial charge in [-0.1, -0.05) is 44.4 Å². The Balaban J connectivity index is 0.000000261. The standard InChI is InChI=1S/C12H16O2.C8H16/c1-7-4-3-5-9-6-8(2)11(13)12(14)10(7)9;1-4-5-6-7-8(2)3/h6-7,13-14H,3-5H2,1-2H3;7H,4-6H2,1-3H3. The summed E-state index contributed by atoms with van der Waals surface area (Å²) in [6.45, 7) is 10.4. The Labute approximate surface area is 135 Å². The number of aromatic hydroxyl groups is 2. The number of allylic oxidation sites excluding steroid dienone is 2. The molecule has 0 radical (unpaired) electrons. The van der Waals surface area contributed by atoms with Crippen LogP contribution in [0.3, 0.4) is 0 Å². The first-order valence-corrected chi connectivity index (χ1v) is 8.56. The van der Waals surface area contributed by atoms with Crippen LogP contribution in [0.15, 0.2) is 17.7 Å². The van der Waals surface area contributed by atoms with Gasteiger partial charge in [0.1, 0.15) is 0 Å². The minimum absolute atomic E-state index is 0.0532. The number of hydrogen-bond donors (Lipinski definition) is 2. The summed E-state index contributed by atoms with van der Waals surface area (Å²) in [7, 11) is 0. The zero-order valence-corrected chi connectivity index (χ0v) is 14.9. The maximum absolute atomic E-state index is 9.84. The Morgan fingerprint density at radius 2 is 1.95 bits per heavy atom. The molecule has 1 atom stereocenters. The van der Waals surface area contributed by atoms with Crippen molar-refractivity contribution < 1.29 is 10.2 Å². The summed E-state index contributed by atoms with van der Waals surface area (Å²) < 4.78 is 0. The molecule has 2 N–H and O–H groups in total. The number of hydrogen-bond acceptors (Lipinski definition) is 2. The van der Waals surface area contributed by atoms with Crippen molar-refractivity contribution in [2.75, 3.05) is 0 Å².